The molecule has 2 aromatic heterocycles. The van der Waals surface area contributed by atoms with Gasteiger partial charge in [0, 0.05) is 47.8 Å². The van der Waals surface area contributed by atoms with Gasteiger partial charge < -0.3 is 19.9 Å². The number of anilines is 2. The van der Waals surface area contributed by atoms with E-state index in [9.17, 15) is 18.8 Å². The average molecular weight is 482 g/mol. The number of cyclic esters (lactones) is 1. The maximum atomic E-state index is 14.6. The first-order chi connectivity index (χ1) is 16.5. The number of amides is 2. The molecule has 3 aliphatic rings. The fourth-order valence-corrected chi connectivity index (χ4v) is 5.60. The van der Waals surface area contributed by atoms with Gasteiger partial charge in [-0.2, -0.15) is 0 Å². The number of benzene rings is 1. The zero-order chi connectivity index (χ0) is 23.4. The number of halogens is 1. The molecule has 2 amide bonds. The molecule has 6 rings (SSSR count). The molecule has 11 heteroatoms. The molecule has 3 aliphatic heterocycles. The van der Waals surface area contributed by atoms with Crippen LogP contribution < -0.4 is 21.1 Å². The topological polar surface area (TPSA) is 106 Å². The van der Waals surface area contributed by atoms with E-state index >= 15 is 0 Å². The first-order valence-electron chi connectivity index (χ1n) is 10.9. The van der Waals surface area contributed by atoms with Gasteiger partial charge in [-0.05, 0) is 24.3 Å². The predicted octanol–water partition coefficient (Wildman–Crippen LogP) is 2.29. The van der Waals surface area contributed by atoms with E-state index < -0.39 is 11.9 Å². The number of carbonyl (C=O) groups is 2. The highest BCUT2D eigenvalue weighted by molar-refractivity contribution is 8.00. The van der Waals surface area contributed by atoms with Crippen molar-refractivity contribution < 1.29 is 18.7 Å². The van der Waals surface area contributed by atoms with Crippen LogP contribution in [0.3, 0.4) is 0 Å². The molecule has 3 aromatic rings. The van der Waals surface area contributed by atoms with Crippen molar-refractivity contribution in [2.45, 2.75) is 23.5 Å². The Morgan fingerprint density at radius 1 is 1.18 bits per heavy atom. The minimum absolute atomic E-state index is 0.0695. The molecular formula is C23H20FN5O4S. The van der Waals surface area contributed by atoms with E-state index in [0.717, 1.165) is 4.90 Å². The smallest absolute Gasteiger partial charge is 0.414 e. The molecule has 2 N–H and O–H groups in total. The van der Waals surface area contributed by atoms with Crippen LogP contribution in [0.4, 0.5) is 20.6 Å². The van der Waals surface area contributed by atoms with Crippen LogP contribution in [0, 0.1) is 5.82 Å². The zero-order valence-electron chi connectivity index (χ0n) is 17.9. The van der Waals surface area contributed by atoms with Gasteiger partial charge in [0.15, 0.2) is 0 Å². The van der Waals surface area contributed by atoms with Crippen molar-refractivity contribution in [3.05, 3.63) is 58.3 Å². The number of carbonyl (C=O) groups excluding carboxylic acids is 2. The van der Waals surface area contributed by atoms with Crippen LogP contribution in [0.15, 0.2) is 46.2 Å². The van der Waals surface area contributed by atoms with Crippen molar-refractivity contribution in [1.82, 2.24) is 14.9 Å². The van der Waals surface area contributed by atoms with Crippen molar-refractivity contribution in [2.75, 3.05) is 35.6 Å². The fourth-order valence-electron chi connectivity index (χ4n) is 4.81. The molecule has 1 fully saturated rings. The molecule has 0 unspecified atom stereocenters. The molecule has 0 bridgehead atoms. The van der Waals surface area contributed by atoms with Gasteiger partial charge in [-0.1, -0.05) is 0 Å². The minimum atomic E-state index is -0.455. The monoisotopic (exact) mass is 481 g/mol. The molecule has 2 atom stereocenters. The number of hydrogen-bond acceptors (Lipinski definition) is 7. The second kappa shape index (κ2) is 8.10. The van der Waals surface area contributed by atoms with Crippen molar-refractivity contribution in [2.24, 2.45) is 0 Å². The van der Waals surface area contributed by atoms with Gasteiger partial charge in [-0.15, -0.1) is 11.8 Å². The lowest BCUT2D eigenvalue weighted by Gasteiger charge is -2.20. The Morgan fingerprint density at radius 3 is 2.94 bits per heavy atom. The van der Waals surface area contributed by atoms with Gasteiger partial charge in [0.1, 0.15) is 11.9 Å². The highest BCUT2D eigenvalue weighted by Crippen LogP contribution is 2.36. The number of rotatable bonds is 5. The SMILES string of the molecule is O=C1CSc2ccc(N3C[C@@H](CNC[C@@H]4Cn5c(=O)ccc6ncc(F)c4c65)OC3=O)cc2N1. The third-order valence-corrected chi connectivity index (χ3v) is 7.42. The highest BCUT2D eigenvalue weighted by atomic mass is 32.2. The summed E-state index contributed by atoms with van der Waals surface area (Å²) in [5.74, 6) is -0.343. The average Bonchev–Trinajstić information content (AvgIpc) is 3.39. The van der Waals surface area contributed by atoms with E-state index in [1.165, 1.54) is 28.9 Å². The van der Waals surface area contributed by atoms with Gasteiger partial charge in [0.25, 0.3) is 5.56 Å². The van der Waals surface area contributed by atoms with Crippen LogP contribution in [0.5, 0.6) is 0 Å². The summed E-state index contributed by atoms with van der Waals surface area (Å²) >= 11 is 1.46. The van der Waals surface area contributed by atoms with Gasteiger partial charge in [0.2, 0.25) is 5.91 Å². The lowest BCUT2D eigenvalue weighted by atomic mass is 10.0. The second-order valence-corrected chi connectivity index (χ2v) is 9.54. The summed E-state index contributed by atoms with van der Waals surface area (Å²) in [5.41, 5.74) is 2.81. The Hall–Kier alpha value is -3.44. The Bertz CT molecular complexity index is 1410. The maximum Gasteiger partial charge on any atom is 0.414 e. The number of fused-ring (bicyclic) bond motifs is 1. The number of nitrogens with zero attached hydrogens (tertiary/aromatic N) is 3. The summed E-state index contributed by atoms with van der Waals surface area (Å²) in [6, 6.07) is 8.57. The second-order valence-electron chi connectivity index (χ2n) is 8.52. The van der Waals surface area contributed by atoms with Crippen LogP contribution in [-0.2, 0) is 16.1 Å². The summed E-state index contributed by atoms with van der Waals surface area (Å²) in [7, 11) is 0. The van der Waals surface area contributed by atoms with Crippen LogP contribution in [0.25, 0.3) is 11.0 Å². The van der Waals surface area contributed by atoms with Gasteiger partial charge in [0.05, 0.1) is 35.2 Å². The molecular weight excluding hydrogens is 461 g/mol. The number of hydrogen-bond donors (Lipinski definition) is 2. The van der Waals surface area contributed by atoms with E-state index in [-0.39, 0.29) is 23.5 Å². The largest absolute Gasteiger partial charge is 0.443 e. The number of ether oxygens (including phenoxy) is 1. The first-order valence-corrected chi connectivity index (χ1v) is 11.9. The summed E-state index contributed by atoms with van der Waals surface area (Å²) in [4.78, 5) is 43.0. The molecule has 1 aromatic carbocycles. The molecule has 5 heterocycles. The highest BCUT2D eigenvalue weighted by Gasteiger charge is 2.34. The Morgan fingerprint density at radius 2 is 2.06 bits per heavy atom. The summed E-state index contributed by atoms with van der Waals surface area (Å²) in [5, 5.41) is 6.10. The van der Waals surface area contributed by atoms with Crippen molar-refractivity contribution in [1.29, 1.82) is 0 Å². The normalized spacial score (nSPS) is 21.0. The number of nitrogens with one attached hydrogen (secondary N) is 2. The standard InChI is InChI=1S/C23H20FN5O4S/c24-15-8-26-16-2-4-20(31)29-9-12(21(15)22(16)29)6-25-7-14-10-28(23(32)33-14)13-1-3-18-17(5-13)27-19(30)11-34-18/h1-5,8,12,14,25H,6-7,9-11H2,(H,27,30)/t12-,14-/m1/s1. The van der Waals surface area contributed by atoms with Gasteiger partial charge in [-0.3, -0.25) is 19.5 Å². The van der Waals surface area contributed by atoms with E-state index in [1.807, 2.05) is 12.1 Å². The predicted molar refractivity (Wildman–Crippen MR) is 125 cm³/mol. The van der Waals surface area contributed by atoms with E-state index in [2.05, 4.69) is 15.6 Å². The van der Waals surface area contributed by atoms with Crippen molar-refractivity contribution in [3.8, 4) is 0 Å². The molecule has 0 saturated carbocycles. The van der Waals surface area contributed by atoms with Crippen LogP contribution in [0.2, 0.25) is 0 Å². The van der Waals surface area contributed by atoms with E-state index in [1.54, 1.807) is 16.7 Å². The number of thioether (sulfide) groups is 1. The third kappa shape index (κ3) is 3.51. The van der Waals surface area contributed by atoms with Crippen LogP contribution in [0.1, 0.15) is 11.5 Å². The zero-order valence-corrected chi connectivity index (χ0v) is 18.7. The quantitative estimate of drug-likeness (QED) is 0.576. The molecule has 0 radical (unpaired) electrons. The lowest BCUT2D eigenvalue weighted by Crippen LogP contribution is -2.33. The maximum absolute atomic E-state index is 14.6. The molecule has 0 aliphatic carbocycles. The van der Waals surface area contributed by atoms with Crippen molar-refractivity contribution >= 4 is 46.2 Å². The summed E-state index contributed by atoms with van der Waals surface area (Å²) in [6.07, 6.45) is 0.352. The van der Waals surface area contributed by atoms with Gasteiger partial charge >= 0.3 is 6.09 Å². The molecule has 34 heavy (non-hydrogen) atoms. The van der Waals surface area contributed by atoms with Gasteiger partial charge in [-0.25, -0.2) is 9.18 Å². The lowest BCUT2D eigenvalue weighted by molar-refractivity contribution is -0.113. The molecule has 174 valence electrons. The molecule has 9 nitrogen and oxygen atoms in total. The van der Waals surface area contributed by atoms with E-state index in [0.29, 0.717) is 59.9 Å². The number of pyridine rings is 2. The molecule has 1 saturated heterocycles. The molecule has 0 spiro atoms. The van der Waals surface area contributed by atoms with Crippen LogP contribution >= 0.6 is 11.8 Å². The Kier molecular flexibility index (Phi) is 5.03. The third-order valence-electron chi connectivity index (χ3n) is 6.35. The van der Waals surface area contributed by atoms with E-state index in [4.69, 9.17) is 4.74 Å². The Labute approximate surface area is 197 Å². The van der Waals surface area contributed by atoms with Crippen LogP contribution in [-0.4, -0.2) is 53.0 Å². The van der Waals surface area contributed by atoms with Crippen molar-refractivity contribution in [3.63, 3.8) is 0 Å². The Balaban J connectivity index is 1.12. The summed E-state index contributed by atoms with van der Waals surface area (Å²) in [6.45, 7) is 1.53. The summed E-state index contributed by atoms with van der Waals surface area (Å²) < 4.78 is 21.7. The fraction of sp³-hybridized carbons (Fsp3) is 0.304. The number of aromatic nitrogens is 2. The first kappa shape index (κ1) is 21.1. The minimum Gasteiger partial charge on any atom is -0.443 e.